The van der Waals surface area contributed by atoms with E-state index in [0.29, 0.717) is 33.4 Å². The molecular weight excluding hydrogens is 520 g/mol. The van der Waals surface area contributed by atoms with Gasteiger partial charge >= 0.3 is 0 Å². The van der Waals surface area contributed by atoms with Gasteiger partial charge in [-0.25, -0.2) is 0 Å². The van der Waals surface area contributed by atoms with Crippen LogP contribution in [0.1, 0.15) is 11.0 Å². The number of furan rings is 1. The van der Waals surface area contributed by atoms with Gasteiger partial charge in [0.1, 0.15) is 11.2 Å². The lowest BCUT2D eigenvalue weighted by Crippen LogP contribution is -1.90. The van der Waals surface area contributed by atoms with E-state index in [2.05, 4.69) is 36.4 Å². The van der Waals surface area contributed by atoms with Gasteiger partial charge in [0.05, 0.1) is 11.0 Å². The highest BCUT2D eigenvalue weighted by atomic mass is 16.3. The fraction of sp³-hybridized carbons (Fsp3) is 0. The van der Waals surface area contributed by atoms with Gasteiger partial charge < -0.3 is 4.42 Å². The first-order valence-electron chi connectivity index (χ1n) is 18.1. The van der Waals surface area contributed by atoms with Gasteiger partial charge in [-0.3, -0.25) is 0 Å². The smallest absolute Gasteiger partial charge is 0.136 e. The second-order valence-corrected chi connectivity index (χ2v) is 10.7. The Morgan fingerprint density at radius 3 is 1.58 bits per heavy atom. The highest BCUT2D eigenvalue weighted by Gasteiger charge is 2.18. The largest absolute Gasteiger partial charge is 0.456 e. The van der Waals surface area contributed by atoms with Gasteiger partial charge in [-0.15, -0.1) is 0 Å². The zero-order chi connectivity index (χ0) is 35.3. The molecule has 0 unspecified atom stereocenters. The first-order valence-corrected chi connectivity index (χ1v) is 14.1. The third-order valence-electron chi connectivity index (χ3n) is 8.26. The van der Waals surface area contributed by atoms with Crippen molar-refractivity contribution in [3.8, 4) is 33.4 Å². The molecular formula is C42H26O. The van der Waals surface area contributed by atoms with E-state index in [1.54, 1.807) is 30.3 Å². The van der Waals surface area contributed by atoms with E-state index < -0.39 is 24.2 Å². The van der Waals surface area contributed by atoms with E-state index in [-0.39, 0.29) is 45.7 Å². The summed E-state index contributed by atoms with van der Waals surface area (Å²) in [5, 5.41) is 4.40. The fourth-order valence-electron chi connectivity index (χ4n) is 6.29. The number of fused-ring (bicyclic) bond motifs is 6. The van der Waals surface area contributed by atoms with Gasteiger partial charge in [0, 0.05) is 10.8 Å². The Hall–Kier alpha value is -5.66. The Bertz CT molecular complexity index is 2850. The molecule has 1 nitrogen and oxygen atoms in total. The van der Waals surface area contributed by atoms with Crippen LogP contribution in [0.25, 0.3) is 87.6 Å². The van der Waals surface area contributed by atoms with Gasteiger partial charge in [-0.05, 0) is 96.0 Å². The summed E-state index contributed by atoms with van der Waals surface area (Å²) in [6.45, 7) is 0. The number of hydrogen-bond acceptors (Lipinski definition) is 1. The lowest BCUT2D eigenvalue weighted by Gasteiger charge is -2.17. The predicted molar refractivity (Wildman–Crippen MR) is 183 cm³/mol. The molecule has 1 heterocycles. The minimum Gasteiger partial charge on any atom is -0.456 e. The van der Waals surface area contributed by atoms with Crippen LogP contribution < -0.4 is 0 Å². The maximum absolute atomic E-state index is 9.21. The average Bonchev–Trinajstić information content (AvgIpc) is 3.52. The zero-order valence-electron chi connectivity index (χ0n) is 30.8. The third-order valence-corrected chi connectivity index (χ3v) is 8.26. The molecule has 0 amide bonds. The van der Waals surface area contributed by atoms with E-state index in [1.165, 1.54) is 0 Å². The van der Waals surface area contributed by atoms with Crippen LogP contribution in [0.3, 0.4) is 0 Å². The van der Waals surface area contributed by atoms with E-state index in [1.807, 2.05) is 42.5 Å². The van der Waals surface area contributed by atoms with Crippen LogP contribution in [0.2, 0.25) is 0 Å². The van der Waals surface area contributed by atoms with Crippen molar-refractivity contribution < 1.29 is 15.4 Å². The molecule has 1 heteroatoms. The van der Waals surface area contributed by atoms with Crippen LogP contribution in [0.4, 0.5) is 0 Å². The van der Waals surface area contributed by atoms with Crippen LogP contribution in [0.5, 0.6) is 0 Å². The predicted octanol–water partition coefficient (Wildman–Crippen LogP) is 12.0. The second kappa shape index (κ2) is 9.44. The van der Waals surface area contributed by atoms with E-state index >= 15 is 0 Å². The van der Waals surface area contributed by atoms with Crippen molar-refractivity contribution >= 4 is 54.3 Å². The summed E-state index contributed by atoms with van der Waals surface area (Å²) >= 11 is 0. The van der Waals surface area contributed by atoms with Crippen LogP contribution in [0.15, 0.2) is 162 Å². The fourth-order valence-corrected chi connectivity index (χ4v) is 6.29. The standard InChI is InChI=1S/C42H26O/c1-3-11-27(12-4-1)29-19-20-30-26-40-38(25-32(30)23-29)37-24-31(21-22-39(37)43-40)42-35-17-9-7-15-33(35)41(28-13-5-2-6-14-28)34-16-8-10-18-36(34)42/h1-26H/i7D,8D,9D,10D,15D,16D,17D,18D. The summed E-state index contributed by atoms with van der Waals surface area (Å²) in [6.07, 6.45) is 0. The van der Waals surface area contributed by atoms with Gasteiger partial charge in [0.25, 0.3) is 0 Å². The van der Waals surface area contributed by atoms with E-state index in [9.17, 15) is 2.74 Å². The Morgan fingerprint density at radius 2 is 0.930 bits per heavy atom. The molecule has 8 aromatic carbocycles. The molecule has 9 aromatic rings. The molecule has 0 saturated heterocycles. The van der Waals surface area contributed by atoms with E-state index in [4.69, 9.17) is 12.6 Å². The Kier molecular flexibility index (Phi) is 3.80. The summed E-state index contributed by atoms with van der Waals surface area (Å²) in [5.74, 6) is 0. The molecule has 0 saturated carbocycles. The van der Waals surface area contributed by atoms with Gasteiger partial charge in [-0.2, -0.15) is 0 Å². The van der Waals surface area contributed by atoms with Crippen molar-refractivity contribution in [2.45, 2.75) is 0 Å². The number of hydrogen-bond donors (Lipinski definition) is 0. The van der Waals surface area contributed by atoms with E-state index in [0.717, 1.165) is 32.7 Å². The van der Waals surface area contributed by atoms with Gasteiger partial charge in [0.15, 0.2) is 0 Å². The topological polar surface area (TPSA) is 13.1 Å². The third kappa shape index (κ3) is 3.79. The van der Waals surface area contributed by atoms with Gasteiger partial charge in [-0.1, -0.05) is 127 Å². The quantitative estimate of drug-likeness (QED) is 0.198. The SMILES string of the molecule is [2H]c1c([2H])c([2H])c2c(-c3ccc4oc5cc6ccc(-c7ccccc7)cc6cc5c4c3)c3c([2H])c([2H])c([2H])c([2H])c3c(-c3ccccc3)c2c1[2H]. The molecule has 0 fully saturated rings. The molecule has 0 spiro atoms. The van der Waals surface area contributed by atoms with Crippen molar-refractivity contribution in [2.75, 3.05) is 0 Å². The lowest BCUT2D eigenvalue weighted by atomic mass is 9.86. The van der Waals surface area contributed by atoms with Crippen molar-refractivity contribution in [3.05, 3.63) is 158 Å². The maximum atomic E-state index is 9.21. The first-order chi connectivity index (χ1) is 24.6. The van der Waals surface area contributed by atoms with Gasteiger partial charge in [0.2, 0.25) is 0 Å². The monoisotopic (exact) mass is 554 g/mol. The lowest BCUT2D eigenvalue weighted by molar-refractivity contribution is 0.669. The Morgan fingerprint density at radius 1 is 0.372 bits per heavy atom. The highest BCUT2D eigenvalue weighted by Crippen LogP contribution is 2.45. The molecule has 9 rings (SSSR count). The summed E-state index contributed by atoms with van der Waals surface area (Å²) in [4.78, 5) is 0. The zero-order valence-corrected chi connectivity index (χ0v) is 22.8. The van der Waals surface area contributed by atoms with Crippen molar-refractivity contribution in [1.82, 2.24) is 0 Å². The van der Waals surface area contributed by atoms with Crippen LogP contribution >= 0.6 is 0 Å². The number of benzene rings is 8. The minimum absolute atomic E-state index is 0.183. The molecule has 0 radical (unpaired) electrons. The Labute approximate surface area is 260 Å². The highest BCUT2D eigenvalue weighted by molar-refractivity contribution is 6.22. The molecule has 200 valence electrons. The van der Waals surface area contributed by atoms with Crippen LogP contribution in [-0.4, -0.2) is 0 Å². The molecule has 0 N–H and O–H groups in total. The summed E-state index contributed by atoms with van der Waals surface area (Å²) in [7, 11) is 0. The minimum atomic E-state index is -0.427. The molecule has 0 atom stereocenters. The van der Waals surface area contributed by atoms with Crippen molar-refractivity contribution in [3.63, 3.8) is 0 Å². The summed E-state index contributed by atoms with van der Waals surface area (Å²) in [6, 6.07) is 32.2. The molecule has 0 aliphatic carbocycles. The summed E-state index contributed by atoms with van der Waals surface area (Å²) < 4.78 is 77.7. The molecule has 43 heavy (non-hydrogen) atoms. The second-order valence-electron chi connectivity index (χ2n) is 10.7. The molecule has 0 bridgehead atoms. The average molecular weight is 555 g/mol. The van der Waals surface area contributed by atoms with Crippen molar-refractivity contribution in [2.24, 2.45) is 0 Å². The molecule has 0 aliphatic rings. The molecule has 1 aromatic heterocycles. The number of rotatable bonds is 3. The normalized spacial score (nSPS) is 14.3. The Balaban J connectivity index is 1.43. The molecule has 0 aliphatic heterocycles. The van der Waals surface area contributed by atoms with Crippen LogP contribution in [-0.2, 0) is 0 Å². The summed E-state index contributed by atoms with van der Waals surface area (Å²) in [5.41, 5.74) is 5.23. The van der Waals surface area contributed by atoms with Crippen LogP contribution in [0, 0.1) is 0 Å². The first kappa shape index (κ1) is 17.3. The maximum Gasteiger partial charge on any atom is 0.136 e. The van der Waals surface area contributed by atoms with Crippen molar-refractivity contribution in [1.29, 1.82) is 0 Å².